The summed E-state index contributed by atoms with van der Waals surface area (Å²) in [6.07, 6.45) is 6.13. The zero-order chi connectivity index (χ0) is 20.0. The van der Waals surface area contributed by atoms with Gasteiger partial charge >= 0.3 is 0 Å². The van der Waals surface area contributed by atoms with E-state index in [4.69, 9.17) is 4.42 Å². The largest absolute Gasteiger partial charge is 0.456 e. The van der Waals surface area contributed by atoms with Crippen molar-refractivity contribution in [1.29, 1.82) is 0 Å². The van der Waals surface area contributed by atoms with Crippen molar-refractivity contribution >= 4 is 60.8 Å². The molecule has 29 heavy (non-hydrogen) atoms. The molecule has 0 aliphatic carbocycles. The minimum absolute atomic E-state index is 0.900. The monoisotopic (exact) mass is 438 g/mol. The molecule has 1 nitrogen and oxygen atoms in total. The molecular formula is C27H19BrO. The summed E-state index contributed by atoms with van der Waals surface area (Å²) in [5.41, 5.74) is 6.54. The predicted molar refractivity (Wildman–Crippen MR) is 129 cm³/mol. The van der Waals surface area contributed by atoms with Crippen LogP contribution in [0.3, 0.4) is 0 Å². The van der Waals surface area contributed by atoms with Crippen molar-refractivity contribution in [3.8, 4) is 11.1 Å². The first kappa shape index (κ1) is 18.0. The Labute approximate surface area is 178 Å². The van der Waals surface area contributed by atoms with Crippen LogP contribution in [0.15, 0.2) is 88.3 Å². The summed E-state index contributed by atoms with van der Waals surface area (Å²) >= 11 is 3.67. The van der Waals surface area contributed by atoms with Crippen molar-refractivity contribution in [1.82, 2.24) is 0 Å². The Kier molecular flexibility index (Phi) is 4.37. The van der Waals surface area contributed by atoms with Gasteiger partial charge in [-0.1, -0.05) is 77.1 Å². The van der Waals surface area contributed by atoms with E-state index in [-0.39, 0.29) is 0 Å². The highest BCUT2D eigenvalue weighted by Crippen LogP contribution is 2.37. The van der Waals surface area contributed by atoms with Crippen molar-refractivity contribution < 1.29 is 4.42 Å². The third kappa shape index (κ3) is 2.92. The van der Waals surface area contributed by atoms with E-state index < -0.39 is 0 Å². The van der Waals surface area contributed by atoms with Crippen LogP contribution < -0.4 is 0 Å². The maximum Gasteiger partial charge on any atom is 0.136 e. The quantitative estimate of drug-likeness (QED) is 0.274. The highest BCUT2D eigenvalue weighted by molar-refractivity contribution is 9.10. The Hall–Kier alpha value is -3.10. The standard InChI is InChI=1S/C27H19BrO/c1-3-6-17-9-10-20-15-18(11-13-22(20)21(17)4-2)19-12-14-25-23(16-19)27-24(28)7-5-8-26(27)29-25/h3-16H,2H2,1H3/b6-3-. The summed E-state index contributed by atoms with van der Waals surface area (Å²) in [5, 5.41) is 4.68. The van der Waals surface area contributed by atoms with E-state index in [1.165, 1.54) is 33.0 Å². The third-order valence-electron chi connectivity index (χ3n) is 5.42. The lowest BCUT2D eigenvalue weighted by Crippen LogP contribution is -1.86. The summed E-state index contributed by atoms with van der Waals surface area (Å²) in [7, 11) is 0. The molecule has 0 unspecified atom stereocenters. The maximum atomic E-state index is 6.01. The van der Waals surface area contributed by atoms with E-state index in [1.54, 1.807) is 0 Å². The molecule has 0 aliphatic heterocycles. The number of benzene rings is 4. The van der Waals surface area contributed by atoms with Gasteiger partial charge in [0.2, 0.25) is 0 Å². The molecule has 4 aromatic carbocycles. The Morgan fingerprint density at radius 3 is 2.52 bits per heavy atom. The lowest BCUT2D eigenvalue weighted by molar-refractivity contribution is 0.669. The Balaban J connectivity index is 1.71. The molecule has 0 aliphatic rings. The van der Waals surface area contributed by atoms with Crippen LogP contribution in [0.1, 0.15) is 18.1 Å². The van der Waals surface area contributed by atoms with Gasteiger partial charge in [-0.3, -0.25) is 0 Å². The first-order chi connectivity index (χ1) is 14.2. The number of fused-ring (bicyclic) bond motifs is 4. The Morgan fingerprint density at radius 1 is 0.862 bits per heavy atom. The maximum absolute atomic E-state index is 6.01. The molecule has 0 amide bonds. The SMILES string of the molecule is C=Cc1c(/C=C\C)ccc2cc(-c3ccc4oc5cccc(Br)c5c4c3)ccc12. The molecule has 0 atom stereocenters. The van der Waals surface area contributed by atoms with Gasteiger partial charge in [-0.25, -0.2) is 0 Å². The summed E-state index contributed by atoms with van der Waals surface area (Å²) in [5.74, 6) is 0. The molecular weight excluding hydrogens is 420 g/mol. The smallest absolute Gasteiger partial charge is 0.136 e. The molecule has 0 saturated heterocycles. The van der Waals surface area contributed by atoms with Crippen LogP contribution in [0, 0.1) is 0 Å². The molecule has 5 rings (SSSR count). The van der Waals surface area contributed by atoms with Gasteiger partial charge in [0.1, 0.15) is 11.2 Å². The second-order valence-electron chi connectivity index (χ2n) is 7.13. The molecule has 1 aromatic heterocycles. The van der Waals surface area contributed by atoms with Gasteiger partial charge in [0.05, 0.1) is 0 Å². The summed E-state index contributed by atoms with van der Waals surface area (Å²) in [6.45, 7) is 6.06. The van der Waals surface area contributed by atoms with Gasteiger partial charge in [0.15, 0.2) is 0 Å². The van der Waals surface area contributed by atoms with Crippen molar-refractivity contribution in [3.05, 3.63) is 95.0 Å². The van der Waals surface area contributed by atoms with Gasteiger partial charge < -0.3 is 4.42 Å². The van der Waals surface area contributed by atoms with Crippen molar-refractivity contribution in [2.45, 2.75) is 6.92 Å². The summed E-state index contributed by atoms with van der Waals surface area (Å²) in [4.78, 5) is 0. The summed E-state index contributed by atoms with van der Waals surface area (Å²) in [6, 6.07) is 23.4. The average Bonchev–Trinajstić information content (AvgIpc) is 3.12. The number of hydrogen-bond donors (Lipinski definition) is 0. The van der Waals surface area contributed by atoms with E-state index in [2.05, 4.69) is 89.3 Å². The molecule has 1 heterocycles. The lowest BCUT2D eigenvalue weighted by atomic mass is 9.94. The van der Waals surface area contributed by atoms with Crippen molar-refractivity contribution in [2.75, 3.05) is 0 Å². The van der Waals surface area contributed by atoms with E-state index in [9.17, 15) is 0 Å². The Morgan fingerprint density at radius 2 is 1.69 bits per heavy atom. The molecule has 2 heteroatoms. The molecule has 0 radical (unpaired) electrons. The minimum Gasteiger partial charge on any atom is -0.456 e. The van der Waals surface area contributed by atoms with Crippen LogP contribution in [0.4, 0.5) is 0 Å². The van der Waals surface area contributed by atoms with E-state index in [0.717, 1.165) is 26.4 Å². The zero-order valence-corrected chi connectivity index (χ0v) is 17.7. The molecule has 0 fully saturated rings. The minimum atomic E-state index is 0.900. The van der Waals surface area contributed by atoms with Crippen LogP contribution in [0.25, 0.3) is 56.0 Å². The Bertz CT molecular complexity index is 1440. The van der Waals surface area contributed by atoms with Crippen LogP contribution in [0.5, 0.6) is 0 Å². The third-order valence-corrected chi connectivity index (χ3v) is 6.08. The van der Waals surface area contributed by atoms with E-state index in [0.29, 0.717) is 0 Å². The number of rotatable bonds is 3. The van der Waals surface area contributed by atoms with Crippen LogP contribution in [-0.4, -0.2) is 0 Å². The topological polar surface area (TPSA) is 13.1 Å². The second kappa shape index (κ2) is 7.06. The average molecular weight is 439 g/mol. The molecule has 0 saturated carbocycles. The second-order valence-corrected chi connectivity index (χ2v) is 7.99. The number of halogens is 1. The van der Waals surface area contributed by atoms with Gasteiger partial charge in [0.25, 0.3) is 0 Å². The summed E-state index contributed by atoms with van der Waals surface area (Å²) < 4.78 is 7.07. The molecule has 0 spiro atoms. The first-order valence-electron chi connectivity index (χ1n) is 9.62. The van der Waals surface area contributed by atoms with Gasteiger partial charge in [-0.2, -0.15) is 0 Å². The van der Waals surface area contributed by atoms with Crippen LogP contribution in [0.2, 0.25) is 0 Å². The van der Waals surface area contributed by atoms with Crippen molar-refractivity contribution in [3.63, 3.8) is 0 Å². The lowest BCUT2D eigenvalue weighted by Gasteiger charge is -2.09. The molecule has 0 N–H and O–H groups in total. The zero-order valence-electron chi connectivity index (χ0n) is 16.1. The van der Waals surface area contributed by atoms with Gasteiger partial charge in [0, 0.05) is 15.2 Å². The fourth-order valence-corrected chi connectivity index (χ4v) is 4.63. The molecule has 5 aromatic rings. The normalized spacial score (nSPS) is 11.8. The van der Waals surface area contributed by atoms with Crippen molar-refractivity contribution in [2.24, 2.45) is 0 Å². The van der Waals surface area contributed by atoms with E-state index in [1.807, 2.05) is 25.1 Å². The fraction of sp³-hybridized carbons (Fsp3) is 0.0370. The number of allylic oxidation sites excluding steroid dienone is 1. The highest BCUT2D eigenvalue weighted by atomic mass is 79.9. The number of furan rings is 1. The van der Waals surface area contributed by atoms with Gasteiger partial charge in [-0.15, -0.1) is 0 Å². The number of hydrogen-bond acceptors (Lipinski definition) is 1. The highest BCUT2D eigenvalue weighted by Gasteiger charge is 2.11. The fourth-order valence-electron chi connectivity index (χ4n) is 4.07. The first-order valence-corrected chi connectivity index (χ1v) is 10.4. The molecule has 140 valence electrons. The molecule has 0 bridgehead atoms. The van der Waals surface area contributed by atoms with Crippen LogP contribution >= 0.6 is 15.9 Å². The predicted octanol–water partition coefficient (Wildman–Crippen LogP) is 8.84. The van der Waals surface area contributed by atoms with E-state index >= 15 is 0 Å². The van der Waals surface area contributed by atoms with Gasteiger partial charge in [-0.05, 0) is 70.3 Å². The van der Waals surface area contributed by atoms with Crippen LogP contribution in [-0.2, 0) is 0 Å².